The van der Waals surface area contributed by atoms with Crippen LogP contribution in [-0.4, -0.2) is 158 Å². The Labute approximate surface area is 358 Å². The maximum atomic E-state index is 13.5. The predicted molar refractivity (Wildman–Crippen MR) is 228 cm³/mol. The van der Waals surface area contributed by atoms with E-state index in [9.17, 15) is 30.0 Å². The van der Waals surface area contributed by atoms with Crippen LogP contribution in [0.5, 0.6) is 11.5 Å². The van der Waals surface area contributed by atoms with Gasteiger partial charge >= 0.3 is 11.9 Å². The number of carbonyl (C=O) groups excluding carboxylic acids is 2. The molecule has 8 aliphatic rings. The normalized spacial score (nSPS) is 40.8. The van der Waals surface area contributed by atoms with Crippen LogP contribution in [0.3, 0.4) is 0 Å². The number of rotatable bonds is 7. The second kappa shape index (κ2) is 14.2. The predicted octanol–water partition coefficient (Wildman–Crippen LogP) is 2.53. The average molecular weight is 843 g/mol. The molecule has 10 rings (SSSR count). The molecule has 61 heavy (non-hydrogen) atoms. The van der Waals surface area contributed by atoms with Crippen molar-refractivity contribution in [2.24, 2.45) is 10.8 Å². The zero-order valence-corrected chi connectivity index (χ0v) is 36.6. The van der Waals surface area contributed by atoms with E-state index in [0.717, 1.165) is 61.7 Å². The molecule has 6 aliphatic heterocycles. The summed E-state index contributed by atoms with van der Waals surface area (Å²) in [5, 5.41) is 46.2. The van der Waals surface area contributed by atoms with Gasteiger partial charge in [-0.05, 0) is 62.0 Å². The molecule has 2 spiro atoms. The molecule has 2 unspecified atom stereocenters. The standard InChI is InChI=1S/C25H32N2O6.C22H30N2O4/c1-6-23-10-7-12-27-13-11-24(19(23)27)17-9-8-16(31-4)14-18(17)26(3)20(24)25(30,22(29)32-5)21(23)33-15(2)28;1-4-20-8-5-10-24-11-9-21(17(20)24)15-7-6-14(28-3)12-16(15)23(2)18(21)22(27,13-25)19(20)26/h7-10,14,19-21,30H,6,11-13H2,1-5H3;5-8,12,17-19,25-27H,4,9-11,13H2,1-3H3/t19?,20-,21-,23-,24-,25-;17?,18-,19-,20-,21-,22-/m11/s1. The van der Waals surface area contributed by atoms with E-state index in [2.05, 4.69) is 58.1 Å². The smallest absolute Gasteiger partial charge is 0.344 e. The summed E-state index contributed by atoms with van der Waals surface area (Å²) in [6, 6.07) is 11.0. The summed E-state index contributed by atoms with van der Waals surface area (Å²) < 4.78 is 22.0. The van der Waals surface area contributed by atoms with Gasteiger partial charge in [0.05, 0.1) is 46.1 Å². The van der Waals surface area contributed by atoms with Gasteiger partial charge < -0.3 is 49.2 Å². The maximum Gasteiger partial charge on any atom is 0.344 e. The number of benzene rings is 2. The summed E-state index contributed by atoms with van der Waals surface area (Å²) in [5.74, 6) is 0.155. The van der Waals surface area contributed by atoms with Gasteiger partial charge in [0, 0.05) is 91.4 Å². The molecule has 0 aromatic heterocycles. The van der Waals surface area contributed by atoms with Gasteiger partial charge in [-0.25, -0.2) is 4.79 Å². The average Bonchev–Trinajstić information content (AvgIpc) is 4.00. The number of carbonyl (C=O) groups is 2. The number of hydrogen-bond donors (Lipinski definition) is 4. The molecule has 12 atom stereocenters. The van der Waals surface area contributed by atoms with Crippen LogP contribution in [0.4, 0.5) is 11.4 Å². The van der Waals surface area contributed by atoms with Crippen molar-refractivity contribution in [2.45, 2.75) is 105 Å². The third-order valence-electron chi connectivity index (χ3n) is 16.8. The van der Waals surface area contributed by atoms with Gasteiger partial charge in [0.1, 0.15) is 17.1 Å². The fraction of sp³-hybridized carbons (Fsp3) is 0.617. The third-order valence-corrected chi connectivity index (χ3v) is 16.8. The van der Waals surface area contributed by atoms with Crippen molar-refractivity contribution in [3.63, 3.8) is 0 Å². The van der Waals surface area contributed by atoms with E-state index in [-0.39, 0.29) is 17.5 Å². The molecule has 2 aromatic rings. The molecule has 6 heterocycles. The lowest BCUT2D eigenvalue weighted by Crippen LogP contribution is -2.81. The Hall–Kier alpha value is -4.18. The molecule has 2 saturated carbocycles. The molecule has 0 bridgehead atoms. The number of aliphatic hydroxyl groups excluding tert-OH is 2. The minimum atomic E-state index is -2.08. The van der Waals surface area contributed by atoms with Crippen molar-refractivity contribution in [2.75, 3.05) is 78.0 Å². The van der Waals surface area contributed by atoms with Gasteiger partial charge in [0.2, 0.25) is 5.60 Å². The number of esters is 2. The Morgan fingerprint density at radius 3 is 1.72 bits per heavy atom. The van der Waals surface area contributed by atoms with Crippen LogP contribution in [0.25, 0.3) is 0 Å². The van der Waals surface area contributed by atoms with Gasteiger partial charge in [0.15, 0.2) is 6.10 Å². The van der Waals surface area contributed by atoms with E-state index in [1.807, 2.05) is 50.2 Å². The topological polar surface area (TPSA) is 165 Å². The van der Waals surface area contributed by atoms with Gasteiger partial charge in [0.25, 0.3) is 0 Å². The molecular formula is C47H62N4O10. The highest BCUT2D eigenvalue weighted by molar-refractivity contribution is 5.87. The maximum absolute atomic E-state index is 13.5. The van der Waals surface area contributed by atoms with Crippen LogP contribution in [0, 0.1) is 10.8 Å². The fourth-order valence-electron chi connectivity index (χ4n) is 14.9. The number of ether oxygens (including phenoxy) is 4. The Morgan fingerprint density at radius 2 is 1.25 bits per heavy atom. The number of hydrogen-bond acceptors (Lipinski definition) is 14. The quantitative estimate of drug-likeness (QED) is 0.238. The number of nitrogens with zero attached hydrogens (tertiary/aromatic N) is 4. The van der Waals surface area contributed by atoms with E-state index >= 15 is 0 Å². The zero-order valence-electron chi connectivity index (χ0n) is 36.6. The van der Waals surface area contributed by atoms with Crippen LogP contribution in [0.15, 0.2) is 60.7 Å². The molecule has 0 radical (unpaired) electrons. The lowest BCUT2D eigenvalue weighted by atomic mass is 9.47. The Bertz CT molecular complexity index is 2190. The minimum absolute atomic E-state index is 0.0589. The Kier molecular flexibility index (Phi) is 9.79. The van der Waals surface area contributed by atoms with Crippen molar-refractivity contribution in [3.8, 4) is 11.5 Å². The molecule has 4 N–H and O–H groups in total. The van der Waals surface area contributed by atoms with E-state index in [1.165, 1.54) is 19.6 Å². The summed E-state index contributed by atoms with van der Waals surface area (Å²) in [4.78, 5) is 34.7. The summed E-state index contributed by atoms with van der Waals surface area (Å²) in [7, 11) is 8.39. The second-order valence-electron chi connectivity index (χ2n) is 18.8. The van der Waals surface area contributed by atoms with E-state index in [4.69, 9.17) is 18.9 Å². The molecular weight excluding hydrogens is 781 g/mol. The first kappa shape index (κ1) is 42.1. The number of aliphatic hydroxyl groups is 4. The molecule has 14 nitrogen and oxygen atoms in total. The van der Waals surface area contributed by atoms with Crippen LogP contribution < -0.4 is 19.3 Å². The minimum Gasteiger partial charge on any atom is -0.497 e. The Balaban J connectivity index is 0.000000158. The van der Waals surface area contributed by atoms with Crippen LogP contribution in [0.1, 0.15) is 57.6 Å². The molecule has 2 saturated heterocycles. The lowest BCUT2D eigenvalue weighted by Gasteiger charge is -2.63. The van der Waals surface area contributed by atoms with Gasteiger partial charge in [-0.15, -0.1) is 0 Å². The summed E-state index contributed by atoms with van der Waals surface area (Å²) in [6.45, 7) is 8.33. The van der Waals surface area contributed by atoms with Crippen molar-refractivity contribution in [3.05, 3.63) is 71.8 Å². The second-order valence-corrected chi connectivity index (χ2v) is 18.8. The van der Waals surface area contributed by atoms with Gasteiger partial charge in [-0.3, -0.25) is 14.6 Å². The molecule has 0 amide bonds. The number of anilines is 2. The number of likely N-dealkylation sites (N-methyl/N-ethyl adjacent to an activating group) is 2. The number of methoxy groups -OCH3 is 3. The highest BCUT2D eigenvalue weighted by atomic mass is 16.6. The molecule has 330 valence electrons. The lowest BCUT2D eigenvalue weighted by molar-refractivity contribution is -0.228. The molecule has 2 aromatic carbocycles. The van der Waals surface area contributed by atoms with Crippen molar-refractivity contribution >= 4 is 23.3 Å². The fourth-order valence-corrected chi connectivity index (χ4v) is 14.9. The van der Waals surface area contributed by atoms with Crippen molar-refractivity contribution in [1.82, 2.24) is 9.80 Å². The van der Waals surface area contributed by atoms with E-state index in [1.54, 1.807) is 14.2 Å². The first-order chi connectivity index (χ1) is 29.1. The first-order valence-corrected chi connectivity index (χ1v) is 21.8. The van der Waals surface area contributed by atoms with Crippen molar-refractivity contribution < 1.29 is 49.0 Å². The van der Waals surface area contributed by atoms with Gasteiger partial charge in [-0.2, -0.15) is 0 Å². The SMILES string of the molecule is CC[C@]12C=CCN3CC[C@@]4(c5ccc(OC)cc5N(C)[C@H]4[C@](O)(C(=O)OC)[C@@H]1OC(C)=O)C32.CC[C@]12C=CCN3CC[C@@]4(c5ccc(OC)cc5N(C)[C@H]4[C@](O)(CO)[C@@H]1O)C32. The third kappa shape index (κ3) is 4.95. The summed E-state index contributed by atoms with van der Waals surface area (Å²) in [6.07, 6.45) is 9.18. The highest BCUT2D eigenvalue weighted by Crippen LogP contribution is 2.69. The molecule has 2 aliphatic carbocycles. The number of fused-ring (bicyclic) bond motifs is 2. The van der Waals surface area contributed by atoms with E-state index in [0.29, 0.717) is 18.6 Å². The Morgan fingerprint density at radius 1 is 0.754 bits per heavy atom. The highest BCUT2D eigenvalue weighted by Gasteiger charge is 2.81. The molecule has 14 heteroatoms. The largest absolute Gasteiger partial charge is 0.497 e. The van der Waals surface area contributed by atoms with Gasteiger partial charge in [-0.1, -0.05) is 50.3 Å². The van der Waals surface area contributed by atoms with Crippen molar-refractivity contribution in [1.29, 1.82) is 0 Å². The van der Waals surface area contributed by atoms with E-state index < -0.39 is 70.3 Å². The first-order valence-electron chi connectivity index (χ1n) is 21.8. The van der Waals surface area contributed by atoms with Crippen LogP contribution in [0.2, 0.25) is 0 Å². The van der Waals surface area contributed by atoms with Crippen LogP contribution >= 0.6 is 0 Å². The monoisotopic (exact) mass is 842 g/mol. The molecule has 4 fully saturated rings. The zero-order chi connectivity index (χ0) is 43.7. The summed E-state index contributed by atoms with van der Waals surface area (Å²) in [5.41, 5.74) is -1.76. The summed E-state index contributed by atoms with van der Waals surface area (Å²) >= 11 is 0. The van der Waals surface area contributed by atoms with Crippen LogP contribution in [-0.2, 0) is 29.9 Å².